The van der Waals surface area contributed by atoms with Crippen molar-refractivity contribution in [1.29, 1.82) is 0 Å². The number of imidazole rings is 1. The highest BCUT2D eigenvalue weighted by molar-refractivity contribution is 7.98. The van der Waals surface area contributed by atoms with Gasteiger partial charge in [0.2, 0.25) is 0 Å². The minimum absolute atomic E-state index is 0.0457. The number of nitrogens with zero attached hydrogens (tertiary/aromatic N) is 2. The van der Waals surface area contributed by atoms with Crippen molar-refractivity contribution < 1.29 is 4.74 Å². The molecule has 0 saturated heterocycles. The van der Waals surface area contributed by atoms with Crippen molar-refractivity contribution in [2.75, 3.05) is 7.11 Å². The summed E-state index contributed by atoms with van der Waals surface area (Å²) in [6.07, 6.45) is 6.89. The summed E-state index contributed by atoms with van der Waals surface area (Å²) in [5, 5.41) is 0. The van der Waals surface area contributed by atoms with Crippen molar-refractivity contribution >= 4 is 22.8 Å². The molecule has 4 heteroatoms. The van der Waals surface area contributed by atoms with Crippen LogP contribution in [0.1, 0.15) is 64.3 Å². The number of aromatic nitrogens is 2. The first-order valence-corrected chi connectivity index (χ1v) is 12.2. The number of ether oxygens (including phenoxy) is 1. The van der Waals surface area contributed by atoms with Crippen molar-refractivity contribution in [3.63, 3.8) is 0 Å². The number of fused-ring (bicyclic) bond motifs is 1. The maximum atomic E-state index is 5.26. The molecule has 30 heavy (non-hydrogen) atoms. The average molecular weight is 423 g/mol. The van der Waals surface area contributed by atoms with Crippen LogP contribution in [0.3, 0.4) is 0 Å². The molecule has 160 valence electrons. The Morgan fingerprint density at radius 2 is 1.77 bits per heavy atom. The molecule has 1 heterocycles. The Morgan fingerprint density at radius 1 is 1.03 bits per heavy atom. The van der Waals surface area contributed by atoms with E-state index in [0.717, 1.165) is 29.5 Å². The second-order valence-electron chi connectivity index (χ2n) is 9.59. The lowest BCUT2D eigenvalue weighted by atomic mass is 9.88. The molecule has 1 saturated carbocycles. The van der Waals surface area contributed by atoms with Crippen molar-refractivity contribution in [3.8, 4) is 5.75 Å². The van der Waals surface area contributed by atoms with E-state index in [4.69, 9.17) is 9.72 Å². The summed E-state index contributed by atoms with van der Waals surface area (Å²) in [6, 6.07) is 15.2. The molecule has 2 aromatic carbocycles. The van der Waals surface area contributed by atoms with Crippen LogP contribution in [0.2, 0.25) is 0 Å². The number of thioether (sulfide) groups is 1. The third-order valence-electron chi connectivity index (χ3n) is 6.12. The maximum Gasteiger partial charge on any atom is 0.118 e. The fourth-order valence-corrected chi connectivity index (χ4v) is 5.36. The molecule has 0 spiro atoms. The summed E-state index contributed by atoms with van der Waals surface area (Å²) in [5.74, 6) is 3.87. The van der Waals surface area contributed by atoms with Gasteiger partial charge in [-0.15, -0.1) is 11.8 Å². The predicted molar refractivity (Wildman–Crippen MR) is 128 cm³/mol. The molecular formula is C26H34N2OS. The molecule has 0 unspecified atom stereocenters. The van der Waals surface area contributed by atoms with Gasteiger partial charge in [0.25, 0.3) is 0 Å². The highest BCUT2D eigenvalue weighted by Crippen LogP contribution is 2.33. The second-order valence-corrected chi connectivity index (χ2v) is 10.6. The molecule has 1 aliphatic rings. The van der Waals surface area contributed by atoms with Crippen LogP contribution in [0.5, 0.6) is 5.75 Å². The van der Waals surface area contributed by atoms with Gasteiger partial charge in [-0.25, -0.2) is 4.98 Å². The molecule has 0 aliphatic heterocycles. The minimum Gasteiger partial charge on any atom is -0.497 e. The van der Waals surface area contributed by atoms with Gasteiger partial charge in [0.1, 0.15) is 11.6 Å². The third-order valence-corrected chi connectivity index (χ3v) is 7.19. The van der Waals surface area contributed by atoms with Gasteiger partial charge in [-0.2, -0.15) is 0 Å². The Labute approximate surface area is 185 Å². The quantitative estimate of drug-likeness (QED) is 0.393. The van der Waals surface area contributed by atoms with Crippen molar-refractivity contribution in [2.24, 2.45) is 5.92 Å². The molecule has 0 atom stereocenters. The monoisotopic (exact) mass is 422 g/mol. The van der Waals surface area contributed by atoms with E-state index < -0.39 is 0 Å². The van der Waals surface area contributed by atoms with Gasteiger partial charge in [-0.3, -0.25) is 0 Å². The number of methoxy groups -OCH3 is 1. The molecule has 0 radical (unpaired) electrons. The number of benzene rings is 2. The van der Waals surface area contributed by atoms with E-state index in [2.05, 4.69) is 55.7 Å². The smallest absolute Gasteiger partial charge is 0.118 e. The van der Waals surface area contributed by atoms with Gasteiger partial charge in [0.15, 0.2) is 0 Å². The summed E-state index contributed by atoms with van der Waals surface area (Å²) < 4.78 is 7.78. The summed E-state index contributed by atoms with van der Waals surface area (Å²) in [4.78, 5) is 6.40. The number of rotatable bonds is 6. The Bertz CT molecular complexity index is 979. The summed E-state index contributed by atoms with van der Waals surface area (Å²) >= 11 is 1.87. The molecule has 3 aromatic rings. The molecule has 1 fully saturated rings. The molecule has 0 amide bonds. The van der Waals surface area contributed by atoms with E-state index in [1.807, 2.05) is 23.9 Å². The summed E-state index contributed by atoms with van der Waals surface area (Å²) in [7, 11) is 1.71. The Morgan fingerprint density at radius 3 is 2.43 bits per heavy atom. The standard InChI is InChI=1S/C26H34N2OS/c1-26(2,3)25-27-23-16-22(30-18-20-10-12-21(29-4)13-11-20)14-15-24(23)28(25)17-19-8-6-5-7-9-19/h10-16,19H,5-9,17-18H2,1-4H3. The Kier molecular flexibility index (Phi) is 6.43. The van der Waals surface area contributed by atoms with Crippen LogP contribution >= 0.6 is 11.8 Å². The summed E-state index contributed by atoms with van der Waals surface area (Å²) in [6.45, 7) is 7.96. The van der Waals surface area contributed by atoms with Gasteiger partial charge in [-0.05, 0) is 54.7 Å². The normalized spacial score (nSPS) is 15.6. The SMILES string of the molecule is COc1ccc(CSc2ccc3c(c2)nc(C(C)(C)C)n3CC2CCCCC2)cc1. The zero-order valence-corrected chi connectivity index (χ0v) is 19.6. The Hall–Kier alpha value is -1.94. The highest BCUT2D eigenvalue weighted by Gasteiger charge is 2.25. The third kappa shape index (κ3) is 4.85. The van der Waals surface area contributed by atoms with Crippen molar-refractivity contribution in [1.82, 2.24) is 9.55 Å². The largest absolute Gasteiger partial charge is 0.497 e. The van der Waals surface area contributed by atoms with E-state index in [-0.39, 0.29) is 5.41 Å². The fraction of sp³-hybridized carbons (Fsp3) is 0.500. The summed E-state index contributed by atoms with van der Waals surface area (Å²) in [5.41, 5.74) is 3.78. The topological polar surface area (TPSA) is 27.1 Å². The van der Waals surface area contributed by atoms with E-state index in [1.54, 1.807) is 7.11 Å². The lowest BCUT2D eigenvalue weighted by Crippen LogP contribution is -2.22. The van der Waals surface area contributed by atoms with Gasteiger partial charge in [0.05, 0.1) is 18.1 Å². The molecule has 1 aliphatic carbocycles. The van der Waals surface area contributed by atoms with Crippen LogP contribution in [-0.4, -0.2) is 16.7 Å². The predicted octanol–water partition coefficient (Wildman–Crippen LogP) is 7.22. The van der Waals surface area contributed by atoms with Crippen LogP contribution in [-0.2, 0) is 17.7 Å². The van der Waals surface area contributed by atoms with Gasteiger partial charge in [-0.1, -0.05) is 52.2 Å². The highest BCUT2D eigenvalue weighted by atomic mass is 32.2. The first kappa shape index (κ1) is 21.3. The van der Waals surface area contributed by atoms with Crippen LogP contribution in [0, 0.1) is 5.92 Å². The van der Waals surface area contributed by atoms with Crippen molar-refractivity contribution in [3.05, 3.63) is 53.9 Å². The first-order valence-electron chi connectivity index (χ1n) is 11.2. The maximum absolute atomic E-state index is 5.26. The zero-order chi connectivity index (χ0) is 21.1. The average Bonchev–Trinajstić information content (AvgIpc) is 3.11. The van der Waals surface area contributed by atoms with Gasteiger partial charge >= 0.3 is 0 Å². The van der Waals surface area contributed by atoms with Crippen LogP contribution < -0.4 is 4.74 Å². The first-order chi connectivity index (χ1) is 14.4. The van der Waals surface area contributed by atoms with Crippen LogP contribution in [0.15, 0.2) is 47.4 Å². The van der Waals surface area contributed by atoms with Crippen LogP contribution in [0.4, 0.5) is 0 Å². The number of hydrogen-bond acceptors (Lipinski definition) is 3. The molecule has 3 nitrogen and oxygen atoms in total. The van der Waals surface area contributed by atoms with E-state index in [9.17, 15) is 0 Å². The van der Waals surface area contributed by atoms with Gasteiger partial charge in [0, 0.05) is 22.6 Å². The van der Waals surface area contributed by atoms with Gasteiger partial charge < -0.3 is 9.30 Å². The fourth-order valence-electron chi connectivity index (χ4n) is 4.47. The second kappa shape index (κ2) is 9.05. The molecule has 4 rings (SSSR count). The molecule has 0 N–H and O–H groups in total. The molecule has 0 bridgehead atoms. The minimum atomic E-state index is 0.0457. The zero-order valence-electron chi connectivity index (χ0n) is 18.8. The lowest BCUT2D eigenvalue weighted by molar-refractivity contribution is 0.313. The van der Waals surface area contributed by atoms with E-state index in [0.29, 0.717) is 0 Å². The lowest BCUT2D eigenvalue weighted by Gasteiger charge is -2.26. The molecular weight excluding hydrogens is 388 g/mol. The van der Waals surface area contributed by atoms with Crippen LogP contribution in [0.25, 0.3) is 11.0 Å². The molecule has 1 aromatic heterocycles. The van der Waals surface area contributed by atoms with E-state index in [1.165, 1.54) is 53.9 Å². The number of hydrogen-bond donors (Lipinski definition) is 0. The Balaban J connectivity index is 1.57. The van der Waals surface area contributed by atoms with E-state index >= 15 is 0 Å². The van der Waals surface area contributed by atoms with Crippen molar-refractivity contribution in [2.45, 2.75) is 75.5 Å².